The number of nitrogens with one attached hydrogen (secondary N) is 2. The summed E-state index contributed by atoms with van der Waals surface area (Å²) in [6.45, 7) is 6.16. The second-order valence-corrected chi connectivity index (χ2v) is 7.67. The normalized spacial score (nSPS) is 10.9. The Hall–Kier alpha value is -4.00. The van der Waals surface area contributed by atoms with Gasteiger partial charge in [-0.1, -0.05) is 36.4 Å². The minimum absolute atomic E-state index is 0.177. The summed E-state index contributed by atoms with van der Waals surface area (Å²) >= 11 is 0. The number of fused-ring (bicyclic) bond motifs is 1. The van der Waals surface area contributed by atoms with Gasteiger partial charge in [0.25, 0.3) is 11.8 Å². The molecule has 0 atom stereocenters. The van der Waals surface area contributed by atoms with Gasteiger partial charge in [0.05, 0.1) is 22.3 Å². The van der Waals surface area contributed by atoms with Gasteiger partial charge in [-0.2, -0.15) is 5.10 Å². The summed E-state index contributed by atoms with van der Waals surface area (Å²) in [6.07, 6.45) is 0. The Morgan fingerprint density at radius 1 is 1.00 bits per heavy atom. The van der Waals surface area contributed by atoms with E-state index >= 15 is 0 Å². The number of carbonyl (C=O) groups is 2. The number of benzene rings is 2. The van der Waals surface area contributed by atoms with Crippen LogP contribution in [0.2, 0.25) is 0 Å². The Balaban J connectivity index is 1.79. The standard InChI is InChI=1S/C25H25N5O2/c1-5-26-24(31)18-12-11-15(2)20(13-18)28-25(32)19-14-21(17-9-7-6-8-10-17)27-23-22(19)16(3)29-30(23)4/h6-14H,5H2,1-4H3,(H,26,31)(H,28,32). The van der Waals surface area contributed by atoms with Crippen LogP contribution in [-0.2, 0) is 7.05 Å². The molecule has 32 heavy (non-hydrogen) atoms. The molecule has 2 aromatic heterocycles. The lowest BCUT2D eigenvalue weighted by Gasteiger charge is -2.12. The topological polar surface area (TPSA) is 88.9 Å². The van der Waals surface area contributed by atoms with E-state index in [4.69, 9.17) is 4.98 Å². The van der Waals surface area contributed by atoms with Crippen molar-refractivity contribution in [1.29, 1.82) is 0 Å². The van der Waals surface area contributed by atoms with Crippen LogP contribution in [0.1, 0.15) is 38.9 Å². The van der Waals surface area contributed by atoms with Gasteiger partial charge in [-0.15, -0.1) is 0 Å². The Labute approximate surface area is 186 Å². The molecule has 0 saturated heterocycles. The van der Waals surface area contributed by atoms with E-state index < -0.39 is 0 Å². The number of amides is 2. The van der Waals surface area contributed by atoms with Gasteiger partial charge < -0.3 is 10.6 Å². The molecular weight excluding hydrogens is 402 g/mol. The fourth-order valence-electron chi connectivity index (χ4n) is 3.73. The van der Waals surface area contributed by atoms with Crippen LogP contribution in [0.5, 0.6) is 0 Å². The molecule has 2 N–H and O–H groups in total. The molecule has 0 spiro atoms. The average Bonchev–Trinajstić information content (AvgIpc) is 3.08. The van der Waals surface area contributed by atoms with Crippen molar-refractivity contribution in [2.75, 3.05) is 11.9 Å². The van der Waals surface area contributed by atoms with Crippen LogP contribution in [-0.4, -0.2) is 33.1 Å². The Morgan fingerprint density at radius 2 is 1.75 bits per heavy atom. The second kappa shape index (κ2) is 8.63. The molecule has 2 amide bonds. The Bertz CT molecular complexity index is 1330. The van der Waals surface area contributed by atoms with Crippen molar-refractivity contribution in [1.82, 2.24) is 20.1 Å². The number of hydrogen-bond donors (Lipinski definition) is 2. The van der Waals surface area contributed by atoms with E-state index in [1.165, 1.54) is 0 Å². The first-order chi connectivity index (χ1) is 15.4. The quantitative estimate of drug-likeness (QED) is 0.498. The van der Waals surface area contributed by atoms with Gasteiger partial charge in [-0.05, 0) is 44.5 Å². The molecule has 7 heteroatoms. The van der Waals surface area contributed by atoms with Crippen LogP contribution in [0.3, 0.4) is 0 Å². The molecule has 0 saturated carbocycles. The number of hydrogen-bond acceptors (Lipinski definition) is 4. The Kier molecular flexibility index (Phi) is 5.73. The molecule has 4 rings (SSSR count). The maximum Gasteiger partial charge on any atom is 0.256 e. The minimum Gasteiger partial charge on any atom is -0.352 e. The molecule has 0 aliphatic heterocycles. The van der Waals surface area contributed by atoms with Gasteiger partial charge in [-0.25, -0.2) is 4.98 Å². The number of nitrogens with zero attached hydrogens (tertiary/aromatic N) is 3. The van der Waals surface area contributed by atoms with E-state index in [2.05, 4.69) is 15.7 Å². The predicted octanol–water partition coefficient (Wildman–Crippen LogP) is 4.25. The first-order valence-corrected chi connectivity index (χ1v) is 10.5. The summed E-state index contributed by atoms with van der Waals surface area (Å²) in [5.74, 6) is -0.453. The monoisotopic (exact) mass is 427 g/mol. The molecule has 2 heterocycles. The lowest BCUT2D eigenvalue weighted by molar-refractivity contribution is 0.0954. The summed E-state index contributed by atoms with van der Waals surface area (Å²) in [5, 5.41) is 11.0. The zero-order chi connectivity index (χ0) is 22.8. The highest BCUT2D eigenvalue weighted by Gasteiger charge is 2.20. The highest BCUT2D eigenvalue weighted by molar-refractivity contribution is 6.13. The number of anilines is 1. The number of pyridine rings is 1. The maximum absolute atomic E-state index is 13.5. The van der Waals surface area contributed by atoms with E-state index in [9.17, 15) is 9.59 Å². The zero-order valence-electron chi connectivity index (χ0n) is 18.6. The van der Waals surface area contributed by atoms with Gasteiger partial charge >= 0.3 is 0 Å². The van der Waals surface area contributed by atoms with E-state index in [-0.39, 0.29) is 11.8 Å². The fraction of sp³-hybridized carbons (Fsp3) is 0.200. The number of aromatic nitrogens is 3. The molecule has 0 radical (unpaired) electrons. The molecule has 0 aliphatic rings. The van der Waals surface area contributed by atoms with Gasteiger partial charge in [0.2, 0.25) is 0 Å². The summed E-state index contributed by atoms with van der Waals surface area (Å²) < 4.78 is 1.69. The summed E-state index contributed by atoms with van der Waals surface area (Å²) in [7, 11) is 1.82. The van der Waals surface area contributed by atoms with Crippen molar-refractivity contribution in [3.8, 4) is 11.3 Å². The molecule has 162 valence electrons. The highest BCUT2D eigenvalue weighted by atomic mass is 16.2. The molecule has 4 aromatic rings. The molecule has 0 fully saturated rings. The molecule has 0 bridgehead atoms. The third kappa shape index (κ3) is 3.97. The number of carbonyl (C=O) groups excluding carboxylic acids is 2. The van der Waals surface area contributed by atoms with Gasteiger partial charge in [0, 0.05) is 30.4 Å². The maximum atomic E-state index is 13.5. The lowest BCUT2D eigenvalue weighted by Crippen LogP contribution is -2.23. The van der Waals surface area contributed by atoms with E-state index in [1.807, 2.05) is 64.2 Å². The van der Waals surface area contributed by atoms with Crippen LogP contribution in [0.15, 0.2) is 54.6 Å². The molecule has 0 aliphatic carbocycles. The summed E-state index contributed by atoms with van der Waals surface area (Å²) in [4.78, 5) is 30.5. The SMILES string of the molecule is CCNC(=O)c1ccc(C)c(NC(=O)c2cc(-c3ccccc3)nc3c2c(C)nn3C)c1. The average molecular weight is 428 g/mol. The third-order valence-corrected chi connectivity index (χ3v) is 5.37. The molecule has 2 aromatic carbocycles. The van der Waals surface area contributed by atoms with Crippen molar-refractivity contribution in [2.24, 2.45) is 7.05 Å². The third-order valence-electron chi connectivity index (χ3n) is 5.37. The van der Waals surface area contributed by atoms with Crippen LogP contribution >= 0.6 is 0 Å². The zero-order valence-corrected chi connectivity index (χ0v) is 18.6. The summed E-state index contributed by atoms with van der Waals surface area (Å²) in [5.41, 5.74) is 5.41. The predicted molar refractivity (Wildman–Crippen MR) is 126 cm³/mol. The van der Waals surface area contributed by atoms with Crippen LogP contribution < -0.4 is 10.6 Å². The van der Waals surface area contributed by atoms with Crippen molar-refractivity contribution >= 4 is 28.5 Å². The largest absolute Gasteiger partial charge is 0.352 e. The number of rotatable bonds is 5. The fourth-order valence-corrected chi connectivity index (χ4v) is 3.73. The van der Waals surface area contributed by atoms with Gasteiger partial charge in [0.1, 0.15) is 0 Å². The van der Waals surface area contributed by atoms with Crippen LogP contribution in [0.25, 0.3) is 22.3 Å². The first-order valence-electron chi connectivity index (χ1n) is 10.5. The van der Waals surface area contributed by atoms with Crippen LogP contribution in [0.4, 0.5) is 5.69 Å². The van der Waals surface area contributed by atoms with E-state index in [0.29, 0.717) is 40.1 Å². The molecular formula is C25H25N5O2. The molecule has 0 unspecified atom stereocenters. The minimum atomic E-state index is -0.276. The summed E-state index contributed by atoms with van der Waals surface area (Å²) in [6, 6.07) is 16.8. The van der Waals surface area contributed by atoms with Gasteiger partial charge in [-0.3, -0.25) is 14.3 Å². The first kappa shape index (κ1) is 21.2. The lowest BCUT2D eigenvalue weighted by atomic mass is 10.0. The van der Waals surface area contributed by atoms with Gasteiger partial charge in [0.15, 0.2) is 5.65 Å². The van der Waals surface area contributed by atoms with E-state index in [0.717, 1.165) is 16.8 Å². The number of aryl methyl sites for hydroxylation is 3. The molecule has 7 nitrogen and oxygen atoms in total. The van der Waals surface area contributed by atoms with Crippen LogP contribution in [0, 0.1) is 13.8 Å². The van der Waals surface area contributed by atoms with Crippen molar-refractivity contribution in [2.45, 2.75) is 20.8 Å². The van der Waals surface area contributed by atoms with Crippen molar-refractivity contribution in [3.63, 3.8) is 0 Å². The van der Waals surface area contributed by atoms with E-state index in [1.54, 1.807) is 22.9 Å². The Morgan fingerprint density at radius 3 is 2.47 bits per heavy atom. The smallest absolute Gasteiger partial charge is 0.256 e. The second-order valence-electron chi connectivity index (χ2n) is 7.67. The van der Waals surface area contributed by atoms with Crippen molar-refractivity contribution in [3.05, 3.63) is 77.0 Å². The van der Waals surface area contributed by atoms with Crippen molar-refractivity contribution < 1.29 is 9.59 Å². The highest BCUT2D eigenvalue weighted by Crippen LogP contribution is 2.28.